The van der Waals surface area contributed by atoms with Crippen LogP contribution in [0.3, 0.4) is 0 Å². The largest absolute Gasteiger partial charge is 0.343 e. The second kappa shape index (κ2) is 14.5. The third kappa shape index (κ3) is 7.07. The van der Waals surface area contributed by atoms with Crippen molar-refractivity contribution in [3.05, 3.63) is 46.9 Å². The van der Waals surface area contributed by atoms with Crippen molar-refractivity contribution in [3.63, 3.8) is 0 Å². The standard InChI is InChI=1S/C35H48F2N8O2/c1-24(46)43-18-13-31-30(23-43)35(40-45(31)27-11-16-42(17-12-27)33(47)10-6-4-3-5-7-14-38)44-15-8-9-25-19-28(26-21-39-41(2)22-26)29(34(36)37)20-32(25)44/h19-22,27,34H,3-18,23,38H2,1-2H3. The minimum atomic E-state index is -2.65. The fourth-order valence-electron chi connectivity index (χ4n) is 7.54. The van der Waals surface area contributed by atoms with Gasteiger partial charge in [-0.3, -0.25) is 19.0 Å². The van der Waals surface area contributed by atoms with Crippen molar-refractivity contribution in [3.8, 4) is 11.1 Å². The van der Waals surface area contributed by atoms with Crippen LogP contribution in [0.4, 0.5) is 20.3 Å². The summed E-state index contributed by atoms with van der Waals surface area (Å²) in [5.74, 6) is 1.00. The molecule has 2 N–H and O–H groups in total. The molecule has 12 heteroatoms. The van der Waals surface area contributed by atoms with Crippen molar-refractivity contribution < 1.29 is 18.4 Å². The number of aromatic nitrogens is 4. The number of nitrogens with two attached hydrogens (primary N) is 1. The van der Waals surface area contributed by atoms with Crippen molar-refractivity contribution in [1.82, 2.24) is 29.4 Å². The van der Waals surface area contributed by atoms with Crippen molar-refractivity contribution in [2.45, 2.75) is 96.6 Å². The Morgan fingerprint density at radius 1 is 1.00 bits per heavy atom. The monoisotopic (exact) mass is 650 g/mol. The summed E-state index contributed by atoms with van der Waals surface area (Å²) in [6, 6.07) is 3.68. The number of hydrogen-bond donors (Lipinski definition) is 1. The Morgan fingerprint density at radius 3 is 2.47 bits per heavy atom. The van der Waals surface area contributed by atoms with Gasteiger partial charge in [-0.05, 0) is 68.3 Å². The molecule has 47 heavy (non-hydrogen) atoms. The summed E-state index contributed by atoms with van der Waals surface area (Å²) in [6.07, 6.45) is 10.6. The van der Waals surface area contributed by atoms with Gasteiger partial charge in [0.25, 0.3) is 6.43 Å². The van der Waals surface area contributed by atoms with Gasteiger partial charge in [0, 0.05) is 87.3 Å². The molecule has 0 aliphatic carbocycles. The molecule has 3 aliphatic rings. The Morgan fingerprint density at radius 2 is 1.77 bits per heavy atom. The Balaban J connectivity index is 1.26. The number of piperidine rings is 1. The van der Waals surface area contributed by atoms with Gasteiger partial charge in [0.2, 0.25) is 11.8 Å². The number of fused-ring (bicyclic) bond motifs is 2. The van der Waals surface area contributed by atoms with E-state index in [9.17, 15) is 18.4 Å². The smallest absolute Gasteiger partial charge is 0.264 e. The number of carbonyl (C=O) groups excluding carboxylic acids is 2. The van der Waals surface area contributed by atoms with Crippen LogP contribution in [0.5, 0.6) is 0 Å². The Bertz CT molecular complexity index is 1580. The fraction of sp³-hybridized carbons (Fsp3) is 0.600. The van der Waals surface area contributed by atoms with Crippen LogP contribution in [-0.4, -0.2) is 73.9 Å². The Kier molecular flexibility index (Phi) is 10.2. The van der Waals surface area contributed by atoms with E-state index in [0.29, 0.717) is 56.7 Å². The highest BCUT2D eigenvalue weighted by molar-refractivity contribution is 5.78. The molecule has 1 aromatic carbocycles. The summed E-state index contributed by atoms with van der Waals surface area (Å²) < 4.78 is 32.9. The van der Waals surface area contributed by atoms with Gasteiger partial charge < -0.3 is 20.4 Å². The third-order valence-corrected chi connectivity index (χ3v) is 10.1. The van der Waals surface area contributed by atoms with Crippen LogP contribution in [0.2, 0.25) is 0 Å². The number of aryl methyl sites for hydroxylation is 2. The zero-order valence-electron chi connectivity index (χ0n) is 27.8. The van der Waals surface area contributed by atoms with E-state index >= 15 is 0 Å². The van der Waals surface area contributed by atoms with Crippen LogP contribution in [0.15, 0.2) is 24.5 Å². The van der Waals surface area contributed by atoms with Gasteiger partial charge in [0.15, 0.2) is 5.82 Å². The second-order valence-electron chi connectivity index (χ2n) is 13.3. The number of carbonyl (C=O) groups is 2. The first-order chi connectivity index (χ1) is 22.7. The highest BCUT2D eigenvalue weighted by atomic mass is 19.3. The number of likely N-dealkylation sites (tertiary alicyclic amines) is 1. The Hall–Kier alpha value is -3.80. The summed E-state index contributed by atoms with van der Waals surface area (Å²) in [6.45, 7) is 5.43. The first kappa shape index (κ1) is 33.1. The molecule has 2 amide bonds. The molecule has 2 aromatic heterocycles. The van der Waals surface area contributed by atoms with Crippen molar-refractivity contribution in [2.24, 2.45) is 12.8 Å². The number of alkyl halides is 2. The molecule has 0 atom stereocenters. The van der Waals surface area contributed by atoms with E-state index in [1.54, 1.807) is 37.1 Å². The zero-order chi connectivity index (χ0) is 33.1. The maximum absolute atomic E-state index is 14.6. The first-order valence-corrected chi connectivity index (χ1v) is 17.3. The molecule has 3 aromatic rings. The molecule has 6 rings (SSSR count). The molecule has 0 unspecified atom stereocenters. The third-order valence-electron chi connectivity index (χ3n) is 10.1. The molecule has 1 fully saturated rings. The van der Waals surface area contributed by atoms with Gasteiger partial charge in [0.05, 0.1) is 18.8 Å². The molecule has 3 aliphatic heterocycles. The molecule has 1 saturated heterocycles. The predicted molar refractivity (Wildman–Crippen MR) is 178 cm³/mol. The van der Waals surface area contributed by atoms with Gasteiger partial charge >= 0.3 is 0 Å². The number of unbranched alkanes of at least 4 members (excludes halogenated alkanes) is 4. The van der Waals surface area contributed by atoms with Crippen LogP contribution < -0.4 is 10.6 Å². The fourth-order valence-corrected chi connectivity index (χ4v) is 7.54. The molecule has 0 radical (unpaired) electrons. The highest BCUT2D eigenvalue weighted by Crippen LogP contribution is 2.43. The van der Waals surface area contributed by atoms with Gasteiger partial charge in [-0.25, -0.2) is 8.78 Å². The van der Waals surface area contributed by atoms with Crippen molar-refractivity contribution in [2.75, 3.05) is 37.6 Å². The number of rotatable bonds is 11. The maximum Gasteiger partial charge on any atom is 0.264 e. The number of benzene rings is 1. The van der Waals surface area contributed by atoms with Gasteiger partial charge in [-0.2, -0.15) is 10.2 Å². The van der Waals surface area contributed by atoms with E-state index in [2.05, 4.69) is 14.7 Å². The molecular weight excluding hydrogens is 602 g/mol. The summed E-state index contributed by atoms with van der Waals surface area (Å²) in [5.41, 5.74) is 10.6. The Labute approximate surface area is 275 Å². The maximum atomic E-state index is 14.6. The normalized spacial score (nSPS) is 16.9. The van der Waals surface area contributed by atoms with E-state index < -0.39 is 6.43 Å². The molecular formula is C35H48F2N8O2. The molecule has 0 saturated carbocycles. The minimum absolute atomic E-state index is 0.0145. The highest BCUT2D eigenvalue weighted by Gasteiger charge is 2.35. The number of anilines is 2. The lowest BCUT2D eigenvalue weighted by Crippen LogP contribution is -2.40. The van der Waals surface area contributed by atoms with Crippen LogP contribution in [0, 0.1) is 0 Å². The minimum Gasteiger partial charge on any atom is -0.343 e. The van der Waals surface area contributed by atoms with Crippen LogP contribution >= 0.6 is 0 Å². The van der Waals surface area contributed by atoms with Gasteiger partial charge in [0.1, 0.15) is 0 Å². The zero-order valence-corrected chi connectivity index (χ0v) is 27.8. The van der Waals surface area contributed by atoms with Crippen LogP contribution in [-0.2, 0) is 36.0 Å². The van der Waals surface area contributed by atoms with Gasteiger partial charge in [-0.1, -0.05) is 19.3 Å². The quantitative estimate of drug-likeness (QED) is 0.268. The lowest BCUT2D eigenvalue weighted by molar-refractivity contribution is -0.132. The summed E-state index contributed by atoms with van der Waals surface area (Å²) in [7, 11) is 1.78. The topological polar surface area (TPSA) is 106 Å². The summed E-state index contributed by atoms with van der Waals surface area (Å²) in [4.78, 5) is 31.4. The van der Waals surface area contributed by atoms with Crippen LogP contribution in [0.25, 0.3) is 11.1 Å². The van der Waals surface area contributed by atoms with Crippen LogP contribution in [0.1, 0.15) is 99.6 Å². The van der Waals surface area contributed by atoms with E-state index in [4.69, 9.17) is 10.8 Å². The van der Waals surface area contributed by atoms with E-state index in [1.165, 1.54) is 0 Å². The summed E-state index contributed by atoms with van der Waals surface area (Å²) in [5, 5.41) is 9.45. The van der Waals surface area contributed by atoms with E-state index in [0.717, 1.165) is 92.7 Å². The first-order valence-electron chi connectivity index (χ1n) is 17.3. The van der Waals surface area contributed by atoms with E-state index in [1.807, 2.05) is 15.9 Å². The predicted octanol–water partition coefficient (Wildman–Crippen LogP) is 5.67. The average molecular weight is 651 g/mol. The summed E-state index contributed by atoms with van der Waals surface area (Å²) >= 11 is 0. The number of nitrogens with zero attached hydrogens (tertiary/aromatic N) is 7. The lowest BCUT2D eigenvalue weighted by Gasteiger charge is -2.34. The van der Waals surface area contributed by atoms with Gasteiger partial charge in [-0.15, -0.1) is 0 Å². The molecule has 0 spiro atoms. The molecule has 10 nitrogen and oxygen atoms in total. The number of hydrogen-bond acceptors (Lipinski definition) is 6. The lowest BCUT2D eigenvalue weighted by atomic mass is 9.92. The molecule has 254 valence electrons. The van der Waals surface area contributed by atoms with E-state index in [-0.39, 0.29) is 23.4 Å². The van der Waals surface area contributed by atoms with Crippen molar-refractivity contribution in [1.29, 1.82) is 0 Å². The van der Waals surface area contributed by atoms with Crippen molar-refractivity contribution >= 4 is 23.3 Å². The number of amides is 2. The SMILES string of the molecule is CC(=O)N1CCc2c(c(N3CCCc4cc(-c5cnn(C)c5)c(C(F)F)cc43)nn2C2CCN(C(=O)CCCCCCCN)CC2)C1. The molecule has 5 heterocycles. The second-order valence-corrected chi connectivity index (χ2v) is 13.3. The number of halogens is 2. The molecule has 0 bridgehead atoms. The average Bonchev–Trinajstić information content (AvgIpc) is 3.68.